The minimum Gasteiger partial charge on any atom is -0.481 e. The van der Waals surface area contributed by atoms with Gasteiger partial charge in [0.2, 0.25) is 0 Å². The van der Waals surface area contributed by atoms with E-state index in [-0.39, 0.29) is 18.9 Å². The number of nitrogens with one attached hydrogen (secondary N) is 1. The summed E-state index contributed by atoms with van der Waals surface area (Å²) in [4.78, 5) is 22.5. The van der Waals surface area contributed by atoms with Crippen molar-refractivity contribution in [3.05, 3.63) is 35.9 Å². The molecule has 2 N–H and O–H groups in total. The predicted molar refractivity (Wildman–Crippen MR) is 75.3 cm³/mol. The maximum atomic E-state index is 11.7. The van der Waals surface area contributed by atoms with Crippen molar-refractivity contribution in [2.24, 2.45) is 5.92 Å². The lowest BCUT2D eigenvalue weighted by atomic mass is 9.96. The molecule has 1 aromatic rings. The fraction of sp³-hybridized carbons (Fsp3) is 0.467. The number of hydrogen-bond acceptors (Lipinski definition) is 3. The summed E-state index contributed by atoms with van der Waals surface area (Å²) in [5, 5.41) is 11.5. The fourth-order valence-electron chi connectivity index (χ4n) is 1.78. The maximum Gasteiger partial charge on any atom is 0.407 e. The van der Waals surface area contributed by atoms with Crippen LogP contribution in [-0.2, 0) is 16.1 Å². The standard InChI is InChI=1S/C15H21NO4/c1-3-11(2)13(9-14(17)18)16-15(19)20-10-12-7-5-4-6-8-12/h4-8,11,13H,3,9-10H2,1-2H3,(H,16,19)(H,17,18)/t11-,13+/m1/s1. The van der Waals surface area contributed by atoms with E-state index in [0.29, 0.717) is 0 Å². The summed E-state index contributed by atoms with van der Waals surface area (Å²) in [6.07, 6.45) is 0.104. The first-order valence-electron chi connectivity index (χ1n) is 6.72. The van der Waals surface area contributed by atoms with Crippen LogP contribution in [0.15, 0.2) is 30.3 Å². The van der Waals surface area contributed by atoms with Crippen LogP contribution in [0.5, 0.6) is 0 Å². The van der Waals surface area contributed by atoms with Crippen LogP contribution in [-0.4, -0.2) is 23.2 Å². The molecule has 0 unspecified atom stereocenters. The van der Waals surface area contributed by atoms with Gasteiger partial charge in [0.15, 0.2) is 0 Å². The first-order valence-corrected chi connectivity index (χ1v) is 6.72. The van der Waals surface area contributed by atoms with E-state index in [1.807, 2.05) is 44.2 Å². The van der Waals surface area contributed by atoms with Gasteiger partial charge in [-0.15, -0.1) is 0 Å². The molecule has 5 nitrogen and oxygen atoms in total. The molecule has 0 spiro atoms. The van der Waals surface area contributed by atoms with E-state index >= 15 is 0 Å². The Morgan fingerprint density at radius 3 is 2.50 bits per heavy atom. The number of ether oxygens (including phenoxy) is 1. The van der Waals surface area contributed by atoms with Crippen molar-refractivity contribution >= 4 is 12.1 Å². The minimum absolute atomic E-state index is 0.0791. The van der Waals surface area contributed by atoms with E-state index in [0.717, 1.165) is 12.0 Å². The second kappa shape index (κ2) is 8.19. The molecule has 1 amide bonds. The van der Waals surface area contributed by atoms with Crippen LogP contribution in [0.25, 0.3) is 0 Å². The molecule has 2 atom stereocenters. The quantitative estimate of drug-likeness (QED) is 0.804. The number of carbonyl (C=O) groups is 2. The molecule has 0 aliphatic carbocycles. The smallest absolute Gasteiger partial charge is 0.407 e. The average molecular weight is 279 g/mol. The molecule has 0 heterocycles. The largest absolute Gasteiger partial charge is 0.481 e. The summed E-state index contributed by atoms with van der Waals surface area (Å²) in [7, 11) is 0. The van der Waals surface area contributed by atoms with Gasteiger partial charge in [0, 0.05) is 6.04 Å². The molecule has 5 heteroatoms. The Morgan fingerprint density at radius 2 is 1.95 bits per heavy atom. The SMILES string of the molecule is CC[C@@H](C)[C@H](CC(=O)O)NC(=O)OCc1ccccc1. The van der Waals surface area contributed by atoms with Gasteiger partial charge in [-0.25, -0.2) is 4.79 Å². The predicted octanol–water partition coefficient (Wildman–Crippen LogP) is 2.80. The molecule has 20 heavy (non-hydrogen) atoms. The molecule has 0 fully saturated rings. The van der Waals surface area contributed by atoms with Crippen LogP contribution in [0.1, 0.15) is 32.3 Å². The van der Waals surface area contributed by atoms with Crippen molar-refractivity contribution in [1.82, 2.24) is 5.32 Å². The zero-order valence-corrected chi connectivity index (χ0v) is 11.8. The van der Waals surface area contributed by atoms with Gasteiger partial charge >= 0.3 is 12.1 Å². The lowest BCUT2D eigenvalue weighted by Crippen LogP contribution is -2.41. The molecule has 1 aromatic carbocycles. The zero-order valence-electron chi connectivity index (χ0n) is 11.8. The Morgan fingerprint density at radius 1 is 1.30 bits per heavy atom. The minimum atomic E-state index is -0.932. The van der Waals surface area contributed by atoms with Crippen LogP contribution in [0.4, 0.5) is 4.79 Å². The van der Waals surface area contributed by atoms with Crippen LogP contribution < -0.4 is 5.32 Å². The summed E-state index contributed by atoms with van der Waals surface area (Å²) < 4.78 is 5.09. The van der Waals surface area contributed by atoms with Gasteiger partial charge < -0.3 is 15.2 Å². The van der Waals surface area contributed by atoms with Gasteiger partial charge in [-0.2, -0.15) is 0 Å². The molecule has 110 valence electrons. The average Bonchev–Trinajstić information content (AvgIpc) is 2.44. The van der Waals surface area contributed by atoms with Gasteiger partial charge in [0.05, 0.1) is 6.42 Å². The van der Waals surface area contributed by atoms with Crippen LogP contribution in [0.3, 0.4) is 0 Å². The first kappa shape index (κ1) is 16.0. The fourth-order valence-corrected chi connectivity index (χ4v) is 1.78. The second-order valence-corrected chi connectivity index (χ2v) is 4.80. The second-order valence-electron chi connectivity index (χ2n) is 4.80. The van der Waals surface area contributed by atoms with Gasteiger partial charge in [0.1, 0.15) is 6.61 Å². The maximum absolute atomic E-state index is 11.7. The first-order chi connectivity index (χ1) is 9.52. The van der Waals surface area contributed by atoms with Crippen LogP contribution in [0.2, 0.25) is 0 Å². The number of benzene rings is 1. The highest BCUT2D eigenvalue weighted by molar-refractivity contribution is 5.71. The third-order valence-corrected chi connectivity index (χ3v) is 3.24. The number of aliphatic carboxylic acids is 1. The number of alkyl carbamates (subject to hydrolysis) is 1. The van der Waals surface area contributed by atoms with Crippen LogP contribution in [0, 0.1) is 5.92 Å². The number of carboxylic acids is 1. The number of hydrogen-bond donors (Lipinski definition) is 2. The van der Waals surface area contributed by atoms with Gasteiger partial charge in [-0.05, 0) is 11.5 Å². The van der Waals surface area contributed by atoms with Gasteiger partial charge in [-0.3, -0.25) is 4.79 Å². The van der Waals surface area contributed by atoms with E-state index in [4.69, 9.17) is 9.84 Å². The van der Waals surface area contributed by atoms with E-state index in [2.05, 4.69) is 5.32 Å². The molecular formula is C15H21NO4. The molecule has 1 rings (SSSR count). The Balaban J connectivity index is 2.47. The van der Waals surface area contributed by atoms with E-state index in [9.17, 15) is 9.59 Å². The highest BCUT2D eigenvalue weighted by Crippen LogP contribution is 2.11. The Labute approximate surface area is 118 Å². The Bertz CT molecular complexity index is 433. The van der Waals surface area contributed by atoms with E-state index in [1.165, 1.54) is 0 Å². The lowest BCUT2D eigenvalue weighted by molar-refractivity contribution is -0.137. The normalized spacial score (nSPS) is 13.3. The summed E-state index contributed by atoms with van der Waals surface area (Å²) in [5.74, 6) is -0.853. The number of amides is 1. The Kier molecular flexibility index (Phi) is 6.56. The van der Waals surface area contributed by atoms with Crippen molar-refractivity contribution in [2.45, 2.75) is 39.3 Å². The molecular weight excluding hydrogens is 258 g/mol. The molecule has 0 saturated carbocycles. The van der Waals surface area contributed by atoms with Crippen LogP contribution >= 0.6 is 0 Å². The monoisotopic (exact) mass is 279 g/mol. The van der Waals surface area contributed by atoms with Gasteiger partial charge in [-0.1, -0.05) is 50.6 Å². The van der Waals surface area contributed by atoms with Gasteiger partial charge in [0.25, 0.3) is 0 Å². The molecule has 0 radical (unpaired) electrons. The third kappa shape index (κ3) is 5.73. The summed E-state index contributed by atoms with van der Waals surface area (Å²) in [6.45, 7) is 4.04. The summed E-state index contributed by atoms with van der Waals surface area (Å²) in [5.41, 5.74) is 0.890. The summed E-state index contributed by atoms with van der Waals surface area (Å²) in [6, 6.07) is 8.91. The molecule has 0 saturated heterocycles. The highest BCUT2D eigenvalue weighted by Gasteiger charge is 2.21. The molecule has 0 aliphatic rings. The topological polar surface area (TPSA) is 75.6 Å². The van der Waals surface area contributed by atoms with Crippen molar-refractivity contribution in [1.29, 1.82) is 0 Å². The summed E-state index contributed by atoms with van der Waals surface area (Å²) >= 11 is 0. The molecule has 0 bridgehead atoms. The number of rotatable bonds is 7. The number of carbonyl (C=O) groups excluding carboxylic acids is 1. The van der Waals surface area contributed by atoms with Crippen molar-refractivity contribution in [3.8, 4) is 0 Å². The Hall–Kier alpha value is -2.04. The molecule has 0 aliphatic heterocycles. The third-order valence-electron chi connectivity index (χ3n) is 3.24. The lowest BCUT2D eigenvalue weighted by Gasteiger charge is -2.22. The van der Waals surface area contributed by atoms with E-state index < -0.39 is 18.1 Å². The molecule has 0 aromatic heterocycles. The van der Waals surface area contributed by atoms with Crippen molar-refractivity contribution in [2.75, 3.05) is 0 Å². The number of carboxylic acid groups (broad SMARTS) is 1. The zero-order chi connectivity index (χ0) is 15.0. The van der Waals surface area contributed by atoms with E-state index in [1.54, 1.807) is 0 Å². The van der Waals surface area contributed by atoms with Crippen molar-refractivity contribution < 1.29 is 19.4 Å². The van der Waals surface area contributed by atoms with Crippen molar-refractivity contribution in [3.63, 3.8) is 0 Å². The highest BCUT2D eigenvalue weighted by atomic mass is 16.5.